The first kappa shape index (κ1) is 49.8. The van der Waals surface area contributed by atoms with Gasteiger partial charge in [0, 0.05) is 72.6 Å². The molecule has 4 heterocycles. The van der Waals surface area contributed by atoms with Crippen molar-refractivity contribution >= 4 is 68.8 Å². The molecule has 5 nitrogen and oxygen atoms in total. The standard InChI is InChI=1S/C78H67N4OSi.Pt/c1-76(2,3)56-28-22-27-53(44-56)54-43-55(46-58(45-54)78(7,8)9)64-35-24-34-63(52-25-12-10-13-26-52)74(64)81-51-80(67-36-17-18-37-68(67)81)59-29-23-30-60(48-59)83-61-49-66-65-33-16-20-39-71(65)84(62-31-14-11-15-32-62)72-40-21-19-38-69(72)82(70(50-61)75(66)84)73-47-57(41-42-79-73)77(4,5)6;/h10-47,49,51H,1-9H3;/q-3;/i10D,12D,13D,25D,26D;. The van der Waals surface area contributed by atoms with E-state index in [0.717, 1.165) is 61.9 Å². The summed E-state index contributed by atoms with van der Waals surface area (Å²) in [6, 6.07) is 76.4. The third kappa shape index (κ3) is 9.55. The van der Waals surface area contributed by atoms with Crippen LogP contribution in [0.2, 0.25) is 0 Å². The molecule has 14 rings (SSSR count). The van der Waals surface area contributed by atoms with Gasteiger partial charge in [-0.3, -0.25) is 0 Å². The number of hydrogen-bond acceptors (Lipinski definition) is 5. The second-order valence-corrected chi connectivity index (χ2v) is 29.0. The minimum atomic E-state index is -2.97. The number of rotatable bonds is 9. The van der Waals surface area contributed by atoms with E-state index in [2.05, 4.69) is 247 Å². The van der Waals surface area contributed by atoms with Crippen LogP contribution in [0.15, 0.2) is 237 Å². The summed E-state index contributed by atoms with van der Waals surface area (Å²) in [4.78, 5) is 11.6. The molecule has 0 saturated heterocycles. The maximum Gasteiger partial charge on any atom is 0.135 e. The number of fused-ring (bicyclic) bond motifs is 6. The normalized spacial score (nSPS) is 15.8. The van der Waals surface area contributed by atoms with Crippen LogP contribution in [0.4, 0.5) is 39.9 Å². The summed E-state index contributed by atoms with van der Waals surface area (Å²) in [6.45, 7) is 22.1. The van der Waals surface area contributed by atoms with Crippen LogP contribution in [0.25, 0.3) is 44.5 Å². The number of anilines is 7. The molecular weight excluding hydrogens is 1230 g/mol. The van der Waals surface area contributed by atoms with Crippen molar-refractivity contribution < 1.29 is 32.7 Å². The van der Waals surface area contributed by atoms with Crippen LogP contribution >= 0.6 is 0 Å². The Morgan fingerprint density at radius 1 is 0.471 bits per heavy atom. The Bertz CT molecular complexity index is 4660. The fourth-order valence-electron chi connectivity index (χ4n) is 12.7. The summed E-state index contributed by atoms with van der Waals surface area (Å²) in [5, 5.41) is 5.16. The minimum absolute atomic E-state index is 0. The number of pyridine rings is 1. The quantitative estimate of drug-likeness (QED) is 0.106. The van der Waals surface area contributed by atoms with E-state index in [1.54, 1.807) is 0 Å². The van der Waals surface area contributed by atoms with Crippen LogP contribution in [0.1, 0.15) is 85.9 Å². The van der Waals surface area contributed by atoms with Gasteiger partial charge in [0.2, 0.25) is 0 Å². The number of benzene rings is 10. The Hall–Kier alpha value is -8.54. The molecule has 0 N–H and O–H groups in total. The topological polar surface area (TPSA) is 31.8 Å². The second kappa shape index (κ2) is 21.2. The molecule has 3 aliphatic rings. The maximum atomic E-state index is 9.43. The average Bonchev–Trinajstić information content (AvgIpc) is 1.46. The van der Waals surface area contributed by atoms with E-state index in [-0.39, 0.29) is 55.0 Å². The molecule has 0 bridgehead atoms. The zero-order valence-corrected chi connectivity index (χ0v) is 52.5. The van der Waals surface area contributed by atoms with Crippen molar-refractivity contribution in [3.05, 3.63) is 272 Å². The second-order valence-electron chi connectivity index (χ2n) is 25.4. The van der Waals surface area contributed by atoms with E-state index in [4.69, 9.17) is 13.8 Å². The van der Waals surface area contributed by atoms with E-state index >= 15 is 0 Å². The fourth-order valence-corrected chi connectivity index (χ4v) is 18.2. The van der Waals surface area contributed by atoms with Gasteiger partial charge in [-0.2, -0.15) is 6.07 Å². The third-order valence-corrected chi connectivity index (χ3v) is 21.9. The third-order valence-electron chi connectivity index (χ3n) is 16.9. The van der Waals surface area contributed by atoms with E-state index < -0.39 is 26.2 Å². The summed E-state index contributed by atoms with van der Waals surface area (Å²) >= 11 is 0. The molecule has 0 aliphatic carbocycles. The van der Waals surface area contributed by atoms with Crippen molar-refractivity contribution in [2.45, 2.75) is 78.6 Å². The molecule has 7 heteroatoms. The Kier molecular flexibility index (Phi) is 12.4. The van der Waals surface area contributed by atoms with Crippen molar-refractivity contribution in [3.63, 3.8) is 0 Å². The van der Waals surface area contributed by atoms with Crippen LogP contribution in [0.3, 0.4) is 0 Å². The van der Waals surface area contributed by atoms with Gasteiger partial charge in [0.1, 0.15) is 13.9 Å². The van der Waals surface area contributed by atoms with Gasteiger partial charge in [-0.15, -0.1) is 53.4 Å². The van der Waals surface area contributed by atoms with Gasteiger partial charge in [0.15, 0.2) is 0 Å². The van der Waals surface area contributed by atoms with Gasteiger partial charge >= 0.3 is 0 Å². The van der Waals surface area contributed by atoms with Crippen LogP contribution in [0.5, 0.6) is 11.5 Å². The zero-order valence-electron chi connectivity index (χ0n) is 54.2. The molecule has 3 aliphatic heterocycles. The summed E-state index contributed by atoms with van der Waals surface area (Å²) in [7, 11) is -2.97. The predicted molar refractivity (Wildman–Crippen MR) is 353 cm³/mol. The van der Waals surface area contributed by atoms with E-state index in [1.807, 2.05) is 55.3 Å². The van der Waals surface area contributed by atoms with Gasteiger partial charge < -0.3 is 19.4 Å². The van der Waals surface area contributed by atoms with Crippen molar-refractivity contribution in [2.24, 2.45) is 0 Å². The monoisotopic (exact) mass is 1300 g/mol. The predicted octanol–water partition coefficient (Wildman–Crippen LogP) is 17.9. The van der Waals surface area contributed by atoms with Crippen LogP contribution < -0.4 is 40.2 Å². The number of para-hydroxylation sites is 4. The molecule has 0 amide bonds. The van der Waals surface area contributed by atoms with Crippen LogP contribution in [0, 0.1) is 18.8 Å². The number of nitrogens with zero attached hydrogens (tertiary/aromatic N) is 4. The fraction of sp³-hybridized carbons (Fsp3) is 0.154. The molecule has 0 saturated carbocycles. The summed E-state index contributed by atoms with van der Waals surface area (Å²) in [5.74, 6) is 1.81. The van der Waals surface area contributed by atoms with Gasteiger partial charge in [-0.1, -0.05) is 248 Å². The maximum absolute atomic E-state index is 9.43. The molecule has 1 aromatic heterocycles. The van der Waals surface area contributed by atoms with Crippen LogP contribution in [-0.2, 0) is 37.3 Å². The number of hydrogen-bond donors (Lipinski definition) is 0. The summed E-state index contributed by atoms with van der Waals surface area (Å²) in [5.41, 5.74) is 14.8. The smallest absolute Gasteiger partial charge is 0.135 e. The summed E-state index contributed by atoms with van der Waals surface area (Å²) in [6.07, 6.45) is 1.92. The minimum Gasteiger partial charge on any atom is -0.509 e. The molecule has 0 fully saturated rings. The van der Waals surface area contributed by atoms with E-state index in [1.165, 1.54) is 37.4 Å². The molecule has 1 unspecified atom stereocenters. The van der Waals surface area contributed by atoms with Crippen molar-refractivity contribution in [3.8, 4) is 56.0 Å². The van der Waals surface area contributed by atoms with Gasteiger partial charge in [0.05, 0.1) is 6.85 Å². The molecule has 1 atom stereocenters. The Labute approximate surface area is 524 Å². The van der Waals surface area contributed by atoms with Crippen molar-refractivity contribution in [2.75, 3.05) is 14.7 Å². The molecular formula is C78H67N4OPtSi-3. The first-order valence-corrected chi connectivity index (χ1v) is 30.9. The van der Waals surface area contributed by atoms with E-state index in [0.29, 0.717) is 28.4 Å². The molecule has 85 heavy (non-hydrogen) atoms. The van der Waals surface area contributed by atoms with Crippen molar-refractivity contribution in [1.29, 1.82) is 0 Å². The zero-order chi connectivity index (χ0) is 62.1. The SMILES string of the molecule is [2H]c1c([2H])c([2H])c(-c2cccc(-c3cc(-c4cccc(C(C)(C)C)c4)cc(C(C)(C)C)c3)c2N2[CH-]N(c3[c-]c(Oc4[c-]c5c6c(c4)-c4ccccc4[Si]6(c4ccccc4)c4ccccc4N5c4cc(C(C)(C)C)ccn4)ccc3)c3ccccc32)c([2H])c1[2H].[Pt]. The average molecular weight is 1300 g/mol. The van der Waals surface area contributed by atoms with Crippen LogP contribution in [-0.4, -0.2) is 13.1 Å². The number of aromatic nitrogens is 1. The Balaban J connectivity index is 0.00000743. The largest absolute Gasteiger partial charge is 0.509 e. The van der Waals surface area contributed by atoms with Gasteiger partial charge in [-0.05, 0) is 102 Å². The Morgan fingerprint density at radius 3 is 1.81 bits per heavy atom. The first-order chi connectivity index (χ1) is 42.6. The summed E-state index contributed by atoms with van der Waals surface area (Å²) < 4.78 is 52.5. The Morgan fingerprint density at radius 2 is 1.07 bits per heavy atom. The molecule has 11 aromatic rings. The first-order valence-electron chi connectivity index (χ1n) is 31.4. The van der Waals surface area contributed by atoms with E-state index in [9.17, 15) is 2.74 Å². The molecule has 10 aromatic carbocycles. The number of ether oxygens (including phenoxy) is 1. The van der Waals surface area contributed by atoms with Gasteiger partial charge in [-0.25, -0.2) is 4.98 Å². The molecule has 0 spiro atoms. The van der Waals surface area contributed by atoms with Gasteiger partial charge in [0.25, 0.3) is 0 Å². The van der Waals surface area contributed by atoms with Crippen molar-refractivity contribution in [1.82, 2.24) is 4.98 Å². The molecule has 0 radical (unpaired) electrons. The molecule has 422 valence electrons.